The standard InChI is InChI=1S/C31H33F2N3O5/c1-19-16-36(30(38)22-7-11-24(33)12-8-22)20(2)18-41-27-14-13-25(34-29(37)21-5-9-23(32)10-6-21)15-26(27)31(39)35(3)17-28(19)40-4/h5-15,19-20,28H,16-18H2,1-4H3,(H,34,37)/t19-,20+,28+/m1/s1. The molecule has 0 saturated heterocycles. The van der Waals surface area contributed by atoms with E-state index in [1.165, 1.54) is 59.5 Å². The van der Waals surface area contributed by atoms with Crippen molar-refractivity contribution < 1.29 is 32.6 Å². The predicted octanol–water partition coefficient (Wildman–Crippen LogP) is 4.86. The minimum absolute atomic E-state index is 0.0720. The number of amides is 3. The summed E-state index contributed by atoms with van der Waals surface area (Å²) >= 11 is 0. The molecule has 4 rings (SSSR count). The number of nitrogens with one attached hydrogen (secondary N) is 1. The number of hydrogen-bond donors (Lipinski definition) is 1. The Hall–Kier alpha value is -4.31. The summed E-state index contributed by atoms with van der Waals surface area (Å²) in [5, 5.41) is 2.74. The Morgan fingerprint density at radius 3 is 2.15 bits per heavy atom. The summed E-state index contributed by atoms with van der Waals surface area (Å²) in [6.45, 7) is 4.40. The van der Waals surface area contributed by atoms with E-state index in [9.17, 15) is 23.2 Å². The first-order valence-electron chi connectivity index (χ1n) is 13.3. The fraction of sp³-hybridized carbons (Fsp3) is 0.323. The number of nitrogens with zero attached hydrogens (tertiary/aromatic N) is 2. The summed E-state index contributed by atoms with van der Waals surface area (Å²) in [5.41, 5.74) is 1.18. The van der Waals surface area contributed by atoms with Crippen molar-refractivity contribution in [2.24, 2.45) is 5.92 Å². The second-order valence-corrected chi connectivity index (χ2v) is 10.2. The highest BCUT2D eigenvalue weighted by Crippen LogP contribution is 2.27. The van der Waals surface area contributed by atoms with Crippen LogP contribution in [0.3, 0.4) is 0 Å². The van der Waals surface area contributed by atoms with E-state index in [1.54, 1.807) is 31.2 Å². The molecule has 1 heterocycles. The lowest BCUT2D eigenvalue weighted by Gasteiger charge is -2.36. The minimum atomic E-state index is -0.461. The Labute approximate surface area is 237 Å². The number of rotatable bonds is 4. The van der Waals surface area contributed by atoms with Gasteiger partial charge in [-0.2, -0.15) is 0 Å². The summed E-state index contributed by atoms with van der Waals surface area (Å²) in [5.74, 6) is -1.84. The van der Waals surface area contributed by atoms with E-state index < -0.39 is 29.7 Å². The quantitative estimate of drug-likeness (QED) is 0.488. The Balaban J connectivity index is 1.65. The average molecular weight is 566 g/mol. The summed E-state index contributed by atoms with van der Waals surface area (Å²) < 4.78 is 38.6. The van der Waals surface area contributed by atoms with Crippen molar-refractivity contribution >= 4 is 23.4 Å². The zero-order valence-corrected chi connectivity index (χ0v) is 23.4. The molecule has 216 valence electrons. The van der Waals surface area contributed by atoms with E-state index >= 15 is 0 Å². The van der Waals surface area contributed by atoms with Gasteiger partial charge in [0.25, 0.3) is 17.7 Å². The molecule has 3 atom stereocenters. The van der Waals surface area contributed by atoms with E-state index in [-0.39, 0.29) is 47.8 Å². The zero-order chi connectivity index (χ0) is 29.7. The molecule has 0 aliphatic carbocycles. The summed E-state index contributed by atoms with van der Waals surface area (Å²) in [4.78, 5) is 43.0. The number of hydrogen-bond acceptors (Lipinski definition) is 5. The molecule has 0 fully saturated rings. The molecule has 1 aliphatic rings. The third-order valence-corrected chi connectivity index (χ3v) is 7.16. The van der Waals surface area contributed by atoms with Gasteiger partial charge in [-0.3, -0.25) is 14.4 Å². The smallest absolute Gasteiger partial charge is 0.257 e. The second-order valence-electron chi connectivity index (χ2n) is 10.2. The molecule has 0 spiro atoms. The summed E-state index contributed by atoms with van der Waals surface area (Å²) in [7, 11) is 3.20. The Kier molecular flexibility index (Phi) is 9.34. The van der Waals surface area contributed by atoms with Crippen molar-refractivity contribution in [2.75, 3.05) is 39.2 Å². The maximum absolute atomic E-state index is 13.6. The van der Waals surface area contributed by atoms with Crippen LogP contribution < -0.4 is 10.1 Å². The van der Waals surface area contributed by atoms with Crippen LogP contribution in [0.2, 0.25) is 0 Å². The predicted molar refractivity (Wildman–Crippen MR) is 150 cm³/mol. The SMILES string of the molecule is CO[C@H]1CN(C)C(=O)c2cc(NC(=O)c3ccc(F)cc3)ccc2OC[C@H](C)N(C(=O)c2ccc(F)cc2)C[C@H]1C. The van der Waals surface area contributed by atoms with Crippen LogP contribution in [-0.2, 0) is 4.74 Å². The van der Waals surface area contributed by atoms with Gasteiger partial charge in [0.05, 0.1) is 17.7 Å². The molecule has 0 unspecified atom stereocenters. The van der Waals surface area contributed by atoms with Crippen LogP contribution in [0, 0.1) is 17.6 Å². The Bertz CT molecular complexity index is 1400. The fourth-order valence-electron chi connectivity index (χ4n) is 4.70. The molecule has 1 N–H and O–H groups in total. The molecule has 3 aromatic rings. The van der Waals surface area contributed by atoms with Gasteiger partial charge in [-0.05, 0) is 73.7 Å². The zero-order valence-electron chi connectivity index (χ0n) is 23.4. The molecule has 0 saturated carbocycles. The number of anilines is 1. The number of likely N-dealkylation sites (N-methyl/N-ethyl adjacent to an activating group) is 1. The lowest BCUT2D eigenvalue weighted by Crippen LogP contribution is -2.48. The third kappa shape index (κ3) is 7.07. The number of fused-ring (bicyclic) bond motifs is 1. The normalized spacial score (nSPS) is 19.9. The largest absolute Gasteiger partial charge is 0.491 e. The Morgan fingerprint density at radius 2 is 1.54 bits per heavy atom. The molecule has 8 nitrogen and oxygen atoms in total. The second kappa shape index (κ2) is 12.9. The van der Waals surface area contributed by atoms with Crippen LogP contribution >= 0.6 is 0 Å². The fourth-order valence-corrected chi connectivity index (χ4v) is 4.70. The van der Waals surface area contributed by atoms with Gasteiger partial charge in [0.1, 0.15) is 24.0 Å². The van der Waals surface area contributed by atoms with Crippen molar-refractivity contribution in [3.05, 3.63) is 95.1 Å². The highest BCUT2D eigenvalue weighted by Gasteiger charge is 2.31. The van der Waals surface area contributed by atoms with E-state index in [1.807, 2.05) is 13.8 Å². The van der Waals surface area contributed by atoms with Gasteiger partial charge in [-0.25, -0.2) is 8.78 Å². The van der Waals surface area contributed by atoms with Crippen LogP contribution in [0.25, 0.3) is 0 Å². The highest BCUT2D eigenvalue weighted by molar-refractivity contribution is 6.05. The topological polar surface area (TPSA) is 88.2 Å². The first-order valence-corrected chi connectivity index (χ1v) is 13.3. The summed E-state index contributed by atoms with van der Waals surface area (Å²) in [6.07, 6.45) is -0.398. The van der Waals surface area contributed by atoms with Crippen molar-refractivity contribution in [3.63, 3.8) is 0 Å². The molecule has 41 heavy (non-hydrogen) atoms. The van der Waals surface area contributed by atoms with Crippen LogP contribution in [-0.4, -0.2) is 73.5 Å². The third-order valence-electron chi connectivity index (χ3n) is 7.16. The van der Waals surface area contributed by atoms with Gasteiger partial charge in [-0.15, -0.1) is 0 Å². The van der Waals surface area contributed by atoms with Gasteiger partial charge in [0, 0.05) is 50.0 Å². The van der Waals surface area contributed by atoms with Crippen LogP contribution in [0.4, 0.5) is 14.5 Å². The number of carbonyl (C=O) groups is 3. The number of halogens is 2. The maximum atomic E-state index is 13.6. The van der Waals surface area contributed by atoms with Crippen molar-refractivity contribution in [1.29, 1.82) is 0 Å². The average Bonchev–Trinajstić information content (AvgIpc) is 2.97. The van der Waals surface area contributed by atoms with Crippen LogP contribution in [0.15, 0.2) is 66.7 Å². The molecule has 0 aromatic heterocycles. The van der Waals surface area contributed by atoms with Gasteiger partial charge in [0.15, 0.2) is 0 Å². The highest BCUT2D eigenvalue weighted by atomic mass is 19.1. The van der Waals surface area contributed by atoms with Gasteiger partial charge < -0.3 is 24.6 Å². The lowest BCUT2D eigenvalue weighted by molar-refractivity contribution is 0.0111. The number of ether oxygens (including phenoxy) is 2. The number of methoxy groups -OCH3 is 1. The molecular weight excluding hydrogens is 532 g/mol. The van der Waals surface area contributed by atoms with E-state index in [0.29, 0.717) is 17.8 Å². The van der Waals surface area contributed by atoms with Gasteiger partial charge >= 0.3 is 0 Å². The maximum Gasteiger partial charge on any atom is 0.257 e. The number of carbonyl (C=O) groups excluding carboxylic acids is 3. The van der Waals surface area contributed by atoms with E-state index in [2.05, 4.69) is 5.32 Å². The Morgan fingerprint density at radius 1 is 0.927 bits per heavy atom. The molecular formula is C31H33F2N3O5. The van der Waals surface area contributed by atoms with Crippen LogP contribution in [0.5, 0.6) is 5.75 Å². The molecule has 0 bridgehead atoms. The molecule has 3 amide bonds. The molecule has 0 radical (unpaired) electrons. The van der Waals surface area contributed by atoms with Gasteiger partial charge in [-0.1, -0.05) is 6.92 Å². The van der Waals surface area contributed by atoms with E-state index in [0.717, 1.165) is 0 Å². The number of benzene rings is 3. The van der Waals surface area contributed by atoms with Crippen molar-refractivity contribution in [1.82, 2.24) is 9.80 Å². The molecule has 1 aliphatic heterocycles. The first-order chi connectivity index (χ1) is 19.6. The first kappa shape index (κ1) is 29.7. The minimum Gasteiger partial charge on any atom is -0.491 e. The lowest BCUT2D eigenvalue weighted by atomic mass is 10.0. The van der Waals surface area contributed by atoms with Gasteiger partial charge in [0.2, 0.25) is 0 Å². The molecule has 10 heteroatoms. The van der Waals surface area contributed by atoms with Crippen molar-refractivity contribution in [2.45, 2.75) is 26.0 Å². The summed E-state index contributed by atoms with van der Waals surface area (Å²) in [6, 6.07) is 14.8. The van der Waals surface area contributed by atoms with Crippen molar-refractivity contribution in [3.8, 4) is 5.75 Å². The van der Waals surface area contributed by atoms with E-state index in [4.69, 9.17) is 9.47 Å². The molecule has 3 aromatic carbocycles. The monoisotopic (exact) mass is 565 g/mol. The van der Waals surface area contributed by atoms with Crippen LogP contribution in [0.1, 0.15) is 44.9 Å².